The summed E-state index contributed by atoms with van der Waals surface area (Å²) < 4.78 is 2.19. The first kappa shape index (κ1) is 18.1. The summed E-state index contributed by atoms with van der Waals surface area (Å²) in [5, 5.41) is 9.76. The molecule has 0 fully saturated rings. The smallest absolute Gasteiger partial charge is 0.191 e. The number of rotatable bonds is 7. The molecule has 5 nitrogen and oxygen atoms in total. The quantitative estimate of drug-likeness (QED) is 0.443. The van der Waals surface area contributed by atoms with Gasteiger partial charge in [-0.05, 0) is 38.1 Å². The molecule has 1 N–H and O–H groups in total. The van der Waals surface area contributed by atoms with Gasteiger partial charge in [-0.25, -0.2) is 4.98 Å². The number of nitrogens with one attached hydrogen (secondary N) is 1. The number of hydrogen-bond donors (Lipinski definition) is 1. The van der Waals surface area contributed by atoms with Crippen molar-refractivity contribution < 1.29 is 0 Å². The molecule has 27 heavy (non-hydrogen) atoms. The first-order chi connectivity index (χ1) is 13.2. The Morgan fingerprint density at radius 1 is 0.963 bits per heavy atom. The first-order valence-corrected chi connectivity index (χ1v) is 10.9. The number of aromatic amines is 1. The van der Waals surface area contributed by atoms with E-state index in [0.717, 1.165) is 45.9 Å². The second kappa shape index (κ2) is 8.19. The number of aromatic nitrogens is 5. The Bertz CT molecular complexity index is 1000. The maximum atomic E-state index is 4.64. The van der Waals surface area contributed by atoms with Crippen molar-refractivity contribution in [1.82, 2.24) is 24.7 Å². The number of para-hydroxylation sites is 2. The van der Waals surface area contributed by atoms with E-state index in [1.54, 1.807) is 23.5 Å². The van der Waals surface area contributed by atoms with E-state index in [-0.39, 0.29) is 0 Å². The predicted molar refractivity (Wildman–Crippen MR) is 112 cm³/mol. The van der Waals surface area contributed by atoms with Crippen LogP contribution in [0.3, 0.4) is 0 Å². The van der Waals surface area contributed by atoms with Gasteiger partial charge in [0.2, 0.25) is 0 Å². The van der Waals surface area contributed by atoms with Crippen molar-refractivity contribution in [2.24, 2.45) is 0 Å². The van der Waals surface area contributed by atoms with Crippen LogP contribution in [0.25, 0.3) is 11.0 Å². The Kier molecular flexibility index (Phi) is 5.50. The molecule has 4 aromatic rings. The molecule has 0 aliphatic rings. The van der Waals surface area contributed by atoms with Crippen LogP contribution in [-0.4, -0.2) is 24.7 Å². The fraction of sp³-hybridized carbons (Fsp3) is 0.250. The van der Waals surface area contributed by atoms with Gasteiger partial charge in [-0.1, -0.05) is 41.6 Å². The minimum atomic E-state index is 0.748. The topological polar surface area (TPSA) is 59.4 Å². The molecule has 0 amide bonds. The Morgan fingerprint density at radius 3 is 2.56 bits per heavy atom. The third-order valence-corrected chi connectivity index (χ3v) is 6.26. The zero-order chi connectivity index (χ0) is 18.6. The van der Waals surface area contributed by atoms with Gasteiger partial charge in [0.05, 0.1) is 22.5 Å². The van der Waals surface area contributed by atoms with Gasteiger partial charge >= 0.3 is 0 Å². The van der Waals surface area contributed by atoms with Crippen LogP contribution in [-0.2, 0) is 18.1 Å². The number of imidazole rings is 1. The van der Waals surface area contributed by atoms with Crippen molar-refractivity contribution >= 4 is 34.6 Å². The molecule has 2 aromatic heterocycles. The SMILES string of the molecule is CCn1c(CSc2ccc(C)cc2)nnc1SCc1nc2ccccc2[nH]1. The van der Waals surface area contributed by atoms with Gasteiger partial charge < -0.3 is 9.55 Å². The van der Waals surface area contributed by atoms with Crippen LogP contribution < -0.4 is 0 Å². The van der Waals surface area contributed by atoms with Gasteiger partial charge in [0.25, 0.3) is 0 Å². The molecule has 4 rings (SSSR count). The lowest BCUT2D eigenvalue weighted by molar-refractivity contribution is 0.659. The van der Waals surface area contributed by atoms with Crippen LogP contribution in [0.2, 0.25) is 0 Å². The van der Waals surface area contributed by atoms with Crippen molar-refractivity contribution in [2.75, 3.05) is 0 Å². The van der Waals surface area contributed by atoms with E-state index in [2.05, 4.69) is 62.8 Å². The predicted octanol–water partition coefficient (Wildman–Crippen LogP) is 5.07. The van der Waals surface area contributed by atoms with Crippen LogP contribution in [0.15, 0.2) is 58.6 Å². The number of aryl methyl sites for hydroxylation is 1. The van der Waals surface area contributed by atoms with Crippen molar-refractivity contribution in [1.29, 1.82) is 0 Å². The number of nitrogens with zero attached hydrogens (tertiary/aromatic N) is 4. The molecule has 7 heteroatoms. The Balaban J connectivity index is 1.43. The maximum Gasteiger partial charge on any atom is 0.191 e. The zero-order valence-corrected chi connectivity index (χ0v) is 17.0. The summed E-state index contributed by atoms with van der Waals surface area (Å²) in [6.45, 7) is 5.10. The lowest BCUT2D eigenvalue weighted by Crippen LogP contribution is -2.02. The van der Waals surface area contributed by atoms with E-state index in [1.807, 2.05) is 24.3 Å². The molecule has 2 aromatic carbocycles. The van der Waals surface area contributed by atoms with Gasteiger partial charge in [0.15, 0.2) is 5.16 Å². The summed E-state index contributed by atoms with van der Waals surface area (Å²) in [6.07, 6.45) is 0. The highest BCUT2D eigenvalue weighted by atomic mass is 32.2. The minimum absolute atomic E-state index is 0.748. The van der Waals surface area contributed by atoms with Crippen molar-refractivity contribution in [3.05, 3.63) is 65.7 Å². The van der Waals surface area contributed by atoms with E-state index in [9.17, 15) is 0 Å². The molecule has 138 valence electrons. The molecule has 0 aliphatic carbocycles. The third-order valence-electron chi connectivity index (χ3n) is 4.28. The summed E-state index contributed by atoms with van der Waals surface area (Å²) in [6, 6.07) is 16.7. The molecule has 2 heterocycles. The fourth-order valence-corrected chi connectivity index (χ4v) is 4.57. The molecule has 0 atom stereocenters. The number of thioether (sulfide) groups is 2. The standard InChI is InChI=1S/C20H21N5S2/c1-3-25-19(13-26-15-10-8-14(2)9-11-15)23-24-20(25)27-12-18-21-16-6-4-5-7-17(16)22-18/h4-11H,3,12-13H2,1-2H3,(H,21,22). The minimum Gasteiger partial charge on any atom is -0.341 e. The van der Waals surface area contributed by atoms with Gasteiger partial charge in [0, 0.05) is 11.4 Å². The number of H-pyrrole nitrogens is 1. The molecular weight excluding hydrogens is 374 g/mol. The fourth-order valence-electron chi connectivity index (χ4n) is 2.84. The first-order valence-electron chi connectivity index (χ1n) is 8.91. The van der Waals surface area contributed by atoms with E-state index in [0.29, 0.717) is 0 Å². The monoisotopic (exact) mass is 395 g/mol. The summed E-state index contributed by atoms with van der Waals surface area (Å²) in [7, 11) is 0. The van der Waals surface area contributed by atoms with Crippen LogP contribution in [0, 0.1) is 6.92 Å². The zero-order valence-electron chi connectivity index (χ0n) is 15.3. The summed E-state index contributed by atoms with van der Waals surface area (Å²) in [5.41, 5.74) is 3.35. The maximum absolute atomic E-state index is 4.64. The van der Waals surface area contributed by atoms with Gasteiger partial charge in [-0.15, -0.1) is 22.0 Å². The van der Waals surface area contributed by atoms with E-state index < -0.39 is 0 Å². The largest absolute Gasteiger partial charge is 0.341 e. The van der Waals surface area contributed by atoms with E-state index in [1.165, 1.54) is 10.5 Å². The number of fused-ring (bicyclic) bond motifs is 1. The molecule has 0 saturated carbocycles. The lowest BCUT2D eigenvalue weighted by atomic mass is 10.2. The van der Waals surface area contributed by atoms with E-state index >= 15 is 0 Å². The Hall–Kier alpha value is -2.25. The van der Waals surface area contributed by atoms with Crippen molar-refractivity contribution in [3.63, 3.8) is 0 Å². The Morgan fingerprint density at radius 2 is 1.78 bits per heavy atom. The molecule has 0 spiro atoms. The summed E-state index contributed by atoms with van der Waals surface area (Å²) >= 11 is 3.46. The van der Waals surface area contributed by atoms with Crippen molar-refractivity contribution in [3.8, 4) is 0 Å². The number of hydrogen-bond acceptors (Lipinski definition) is 5. The summed E-state index contributed by atoms with van der Waals surface area (Å²) in [4.78, 5) is 9.26. The molecule has 0 unspecified atom stereocenters. The molecule has 0 bridgehead atoms. The number of benzene rings is 2. The second-order valence-electron chi connectivity index (χ2n) is 6.23. The Labute approximate surface area is 167 Å². The molecule has 0 radical (unpaired) electrons. The summed E-state index contributed by atoms with van der Waals surface area (Å²) in [5.74, 6) is 3.53. The molecule has 0 aliphatic heterocycles. The van der Waals surface area contributed by atoms with Crippen molar-refractivity contribution in [2.45, 2.75) is 41.9 Å². The molecular formula is C20H21N5S2. The highest BCUT2D eigenvalue weighted by Gasteiger charge is 2.13. The van der Waals surface area contributed by atoms with Gasteiger partial charge in [-0.3, -0.25) is 0 Å². The van der Waals surface area contributed by atoms with Crippen LogP contribution >= 0.6 is 23.5 Å². The van der Waals surface area contributed by atoms with Gasteiger partial charge in [-0.2, -0.15) is 0 Å². The average molecular weight is 396 g/mol. The molecule has 0 saturated heterocycles. The van der Waals surface area contributed by atoms with Crippen LogP contribution in [0.5, 0.6) is 0 Å². The van der Waals surface area contributed by atoms with Gasteiger partial charge in [0.1, 0.15) is 11.6 Å². The van der Waals surface area contributed by atoms with Crippen LogP contribution in [0.1, 0.15) is 24.1 Å². The highest BCUT2D eigenvalue weighted by molar-refractivity contribution is 7.98. The van der Waals surface area contributed by atoms with E-state index in [4.69, 9.17) is 0 Å². The highest BCUT2D eigenvalue weighted by Crippen LogP contribution is 2.26. The third kappa shape index (κ3) is 4.20. The average Bonchev–Trinajstić information content (AvgIpc) is 3.28. The lowest BCUT2D eigenvalue weighted by Gasteiger charge is -2.07. The van der Waals surface area contributed by atoms with Crippen LogP contribution in [0.4, 0.5) is 0 Å². The second-order valence-corrected chi connectivity index (χ2v) is 8.23. The normalized spacial score (nSPS) is 11.3.